The van der Waals surface area contributed by atoms with Crippen LogP contribution in [-0.2, 0) is 0 Å². The maximum absolute atomic E-state index is 7.66. The topological polar surface area (TPSA) is 22.2 Å². The van der Waals surface area contributed by atoms with Crippen LogP contribution in [-0.4, -0.2) is 9.55 Å². The molecule has 0 aliphatic rings. The lowest BCUT2D eigenvalue weighted by Crippen LogP contribution is -1.98. The smallest absolute Gasteiger partial charge is 0.189 e. The fraction of sp³-hybridized carbons (Fsp3) is 0. The number of hydrogen-bond donors (Lipinski definition) is 0. The second-order valence-corrected chi connectivity index (χ2v) is 14.6. The van der Waals surface area contributed by atoms with Gasteiger partial charge < -0.3 is 0 Å². The van der Waals surface area contributed by atoms with E-state index in [1.807, 2.05) is 18.2 Å². The van der Waals surface area contributed by atoms with Crippen LogP contribution in [0.2, 0.25) is 0 Å². The van der Waals surface area contributed by atoms with Gasteiger partial charge in [0.15, 0.2) is 5.69 Å². The Morgan fingerprint density at radius 1 is 0.418 bits per heavy atom. The minimum absolute atomic E-state index is 0.581. The van der Waals surface area contributed by atoms with Crippen molar-refractivity contribution in [3.63, 3.8) is 0 Å². The largest absolute Gasteiger partial charge is 0.292 e. The highest BCUT2D eigenvalue weighted by molar-refractivity contribution is 6.26. The van der Waals surface area contributed by atoms with Crippen molar-refractivity contribution in [3.05, 3.63) is 187 Å². The van der Waals surface area contributed by atoms with Gasteiger partial charge in [0.05, 0.1) is 17.6 Å². The van der Waals surface area contributed by atoms with Gasteiger partial charge in [0.25, 0.3) is 0 Å². The first-order valence-corrected chi connectivity index (χ1v) is 18.6. The molecule has 1 heterocycles. The molecule has 0 atom stereocenters. The number of aromatic nitrogens is 2. The first kappa shape index (κ1) is 30.0. The number of imidazole rings is 1. The Morgan fingerprint density at radius 2 is 0.873 bits per heavy atom. The summed E-state index contributed by atoms with van der Waals surface area (Å²) in [5, 5.41) is 15.4. The molecule has 0 amide bonds. The zero-order valence-corrected chi connectivity index (χ0v) is 29.6. The predicted octanol–water partition coefficient (Wildman–Crippen LogP) is 14.4. The second kappa shape index (κ2) is 11.2. The fourth-order valence-corrected chi connectivity index (χ4v) is 9.16. The van der Waals surface area contributed by atoms with Gasteiger partial charge in [0.2, 0.25) is 0 Å². The molecule has 0 aliphatic heterocycles. The summed E-state index contributed by atoms with van der Waals surface area (Å²) < 4.78 is 2.22. The minimum Gasteiger partial charge on any atom is -0.292 e. The summed E-state index contributed by atoms with van der Waals surface area (Å²) >= 11 is 0. The Bertz CT molecular complexity index is 3500. The molecule has 55 heavy (non-hydrogen) atoms. The number of nitrogens with zero attached hydrogens (tertiary/aromatic N) is 3. The molecule has 0 radical (unpaired) electrons. The van der Waals surface area contributed by atoms with E-state index in [4.69, 9.17) is 11.6 Å². The van der Waals surface area contributed by atoms with E-state index in [-0.39, 0.29) is 0 Å². The Kier molecular flexibility index (Phi) is 6.12. The highest BCUT2D eigenvalue weighted by atomic mass is 15.1. The molecule has 0 fully saturated rings. The highest BCUT2D eigenvalue weighted by Crippen LogP contribution is 2.42. The Hall–Kier alpha value is -7.54. The first-order chi connectivity index (χ1) is 27.2. The molecule has 0 bridgehead atoms. The van der Waals surface area contributed by atoms with Crippen LogP contribution in [0.4, 0.5) is 5.69 Å². The normalized spacial score (nSPS) is 12.0. The third kappa shape index (κ3) is 4.34. The maximum atomic E-state index is 7.66. The average Bonchev–Trinajstić information content (AvgIpc) is 3.63. The summed E-state index contributed by atoms with van der Waals surface area (Å²) in [4.78, 5) is 8.87. The second-order valence-electron chi connectivity index (χ2n) is 14.6. The van der Waals surface area contributed by atoms with Crippen LogP contribution in [0.5, 0.6) is 0 Å². The lowest BCUT2D eigenvalue weighted by molar-refractivity contribution is 1.10. The van der Waals surface area contributed by atoms with Crippen LogP contribution in [0.25, 0.3) is 120 Å². The first-order valence-electron chi connectivity index (χ1n) is 18.6. The maximum Gasteiger partial charge on any atom is 0.189 e. The van der Waals surface area contributed by atoms with Gasteiger partial charge >= 0.3 is 0 Å². The summed E-state index contributed by atoms with van der Waals surface area (Å²) in [7, 11) is 0. The third-order valence-electron chi connectivity index (χ3n) is 11.7. The zero-order chi connectivity index (χ0) is 36.2. The molecule has 0 saturated carbocycles. The predicted molar refractivity (Wildman–Crippen MR) is 231 cm³/mol. The molecule has 0 unspecified atom stereocenters. The number of hydrogen-bond acceptors (Lipinski definition) is 1. The van der Waals surface area contributed by atoms with Crippen molar-refractivity contribution < 1.29 is 0 Å². The van der Waals surface area contributed by atoms with Gasteiger partial charge in [-0.25, -0.2) is 9.83 Å². The van der Waals surface area contributed by atoms with Crippen molar-refractivity contribution >= 4 is 81.4 Å². The molecule has 0 aliphatic carbocycles. The molecule has 11 aromatic carbocycles. The number of fused-ring (bicyclic) bond motifs is 1. The molecule has 0 N–H and O–H groups in total. The van der Waals surface area contributed by atoms with Crippen LogP contribution in [0, 0.1) is 6.57 Å². The zero-order valence-electron chi connectivity index (χ0n) is 29.6. The van der Waals surface area contributed by atoms with Crippen molar-refractivity contribution in [3.8, 4) is 39.3 Å². The molecule has 3 heteroatoms. The lowest BCUT2D eigenvalue weighted by atomic mass is 9.90. The quantitative estimate of drug-likeness (QED) is 0.133. The summed E-state index contributed by atoms with van der Waals surface area (Å²) in [5.41, 5.74) is 9.15. The Labute approximate surface area is 316 Å². The SMILES string of the molecule is [C-]#[N+]c1ccc2c(c1)nc(-c1ccc(-c3ccc4ccc5cccc6ccc3c4c56)cc1)n2-c1ccc(-c2ccc3ccc4cccc5ccc2c3c45)cc1. The molecule has 3 nitrogen and oxygen atoms in total. The van der Waals surface area contributed by atoms with Gasteiger partial charge in [0.1, 0.15) is 5.82 Å². The summed E-state index contributed by atoms with van der Waals surface area (Å²) in [6.07, 6.45) is 0. The molecule has 12 aromatic rings. The van der Waals surface area contributed by atoms with Crippen LogP contribution in [0.1, 0.15) is 0 Å². The molecule has 252 valence electrons. The van der Waals surface area contributed by atoms with Crippen molar-refractivity contribution in [2.75, 3.05) is 0 Å². The van der Waals surface area contributed by atoms with E-state index in [0.29, 0.717) is 5.69 Å². The summed E-state index contributed by atoms with van der Waals surface area (Å²) in [6.45, 7) is 7.66. The van der Waals surface area contributed by atoms with Crippen molar-refractivity contribution in [2.24, 2.45) is 0 Å². The van der Waals surface area contributed by atoms with E-state index in [1.165, 1.54) is 81.3 Å². The summed E-state index contributed by atoms with van der Waals surface area (Å²) in [6, 6.07) is 63.5. The molecule has 12 rings (SSSR count). The van der Waals surface area contributed by atoms with Crippen molar-refractivity contribution in [2.45, 2.75) is 0 Å². The molecular formula is C52H29N3. The van der Waals surface area contributed by atoms with Crippen LogP contribution >= 0.6 is 0 Å². The Balaban J connectivity index is 0.978. The van der Waals surface area contributed by atoms with Crippen LogP contribution in [0.15, 0.2) is 176 Å². The third-order valence-corrected chi connectivity index (χ3v) is 11.7. The van der Waals surface area contributed by atoms with Crippen molar-refractivity contribution in [1.82, 2.24) is 9.55 Å². The Morgan fingerprint density at radius 3 is 1.40 bits per heavy atom. The van der Waals surface area contributed by atoms with Crippen LogP contribution < -0.4 is 0 Å². The average molecular weight is 696 g/mol. The van der Waals surface area contributed by atoms with Crippen LogP contribution in [0.3, 0.4) is 0 Å². The van der Waals surface area contributed by atoms with Crippen molar-refractivity contribution in [1.29, 1.82) is 0 Å². The van der Waals surface area contributed by atoms with Gasteiger partial charge in [-0.15, -0.1) is 0 Å². The summed E-state index contributed by atoms with van der Waals surface area (Å²) in [5.74, 6) is 0.842. The van der Waals surface area contributed by atoms with E-state index in [9.17, 15) is 0 Å². The van der Waals surface area contributed by atoms with Gasteiger partial charge in [0, 0.05) is 11.3 Å². The van der Waals surface area contributed by atoms with E-state index in [0.717, 1.165) is 33.7 Å². The minimum atomic E-state index is 0.581. The monoisotopic (exact) mass is 695 g/mol. The van der Waals surface area contributed by atoms with Gasteiger partial charge in [-0.2, -0.15) is 0 Å². The van der Waals surface area contributed by atoms with Gasteiger partial charge in [-0.1, -0.05) is 152 Å². The number of benzene rings is 11. The lowest BCUT2D eigenvalue weighted by Gasteiger charge is -2.15. The van der Waals surface area contributed by atoms with Gasteiger partial charge in [-0.3, -0.25) is 4.57 Å². The van der Waals surface area contributed by atoms with Gasteiger partial charge in [-0.05, 0) is 111 Å². The highest BCUT2D eigenvalue weighted by Gasteiger charge is 2.18. The fourth-order valence-electron chi connectivity index (χ4n) is 9.16. The molecule has 1 aromatic heterocycles. The molecular weight excluding hydrogens is 667 g/mol. The molecule has 0 spiro atoms. The van der Waals surface area contributed by atoms with E-state index in [2.05, 4.69) is 167 Å². The van der Waals surface area contributed by atoms with E-state index >= 15 is 0 Å². The standard InChI is InChI=1S/C52H29N3/c1-53-40-22-29-47-46(30-40)54-52(39-14-8-31(9-15-39)42-25-18-37-12-10-33-4-2-6-35-20-27-44(42)50(37)48(33)35)55(47)41-23-16-32(17-24-41)43-26-19-38-13-11-34-5-3-7-36-21-28-45(43)51(38)49(34)36/h2-30H. The van der Waals surface area contributed by atoms with E-state index in [1.54, 1.807) is 0 Å². The van der Waals surface area contributed by atoms with E-state index < -0.39 is 0 Å². The molecule has 0 saturated heterocycles. The number of rotatable bonds is 4.